The molecule has 1 aromatic heterocycles. The van der Waals surface area contributed by atoms with Crippen LogP contribution in [0.3, 0.4) is 0 Å². The molecule has 102 valence electrons. The molecule has 0 saturated heterocycles. The molecule has 0 amide bonds. The molecule has 19 heavy (non-hydrogen) atoms. The minimum absolute atomic E-state index is 0.120. The van der Waals surface area contributed by atoms with Crippen LogP contribution in [0.25, 0.3) is 5.69 Å². The monoisotopic (exact) mass is 276 g/mol. The van der Waals surface area contributed by atoms with E-state index in [-0.39, 0.29) is 5.41 Å². The highest BCUT2D eigenvalue weighted by molar-refractivity contribution is 6.30. The first-order valence-corrected chi connectivity index (χ1v) is 7.14. The van der Waals surface area contributed by atoms with E-state index in [0.29, 0.717) is 0 Å². The van der Waals surface area contributed by atoms with E-state index in [0.717, 1.165) is 23.6 Å². The predicted octanol–water partition coefficient (Wildman–Crippen LogP) is 4.78. The highest BCUT2D eigenvalue weighted by Crippen LogP contribution is 2.28. The second-order valence-electron chi connectivity index (χ2n) is 5.89. The lowest BCUT2D eigenvalue weighted by Gasteiger charge is -2.19. The smallest absolute Gasteiger partial charge is 0.0649 e. The molecule has 0 aliphatic rings. The minimum atomic E-state index is 0.120. The lowest BCUT2D eigenvalue weighted by Crippen LogP contribution is -2.14. The summed E-state index contributed by atoms with van der Waals surface area (Å²) in [5.41, 5.74) is 3.82. The molecule has 1 heterocycles. The van der Waals surface area contributed by atoms with Crippen LogP contribution in [0, 0.1) is 0 Å². The summed E-state index contributed by atoms with van der Waals surface area (Å²) in [5, 5.41) is 5.33. The fraction of sp³-hybridized carbons (Fsp3) is 0.438. The van der Waals surface area contributed by atoms with Crippen molar-refractivity contribution in [2.45, 2.75) is 46.0 Å². The molecular formula is C16H21ClN2. The fourth-order valence-corrected chi connectivity index (χ4v) is 2.41. The third-order valence-corrected chi connectivity index (χ3v) is 3.49. The first-order chi connectivity index (χ1) is 8.93. The van der Waals surface area contributed by atoms with Gasteiger partial charge in [0.15, 0.2) is 0 Å². The van der Waals surface area contributed by atoms with E-state index >= 15 is 0 Å². The quantitative estimate of drug-likeness (QED) is 0.789. The number of halogens is 1. The van der Waals surface area contributed by atoms with Crippen molar-refractivity contribution < 1.29 is 0 Å². The fourth-order valence-electron chi connectivity index (χ4n) is 2.28. The van der Waals surface area contributed by atoms with Gasteiger partial charge in [-0.25, -0.2) is 4.68 Å². The van der Waals surface area contributed by atoms with Crippen molar-refractivity contribution in [3.05, 3.63) is 46.7 Å². The van der Waals surface area contributed by atoms with Crippen LogP contribution in [-0.2, 0) is 11.8 Å². The van der Waals surface area contributed by atoms with Crippen LogP contribution in [0.4, 0.5) is 0 Å². The Morgan fingerprint density at radius 3 is 2.32 bits per heavy atom. The molecule has 2 rings (SSSR count). The average Bonchev–Trinajstić information content (AvgIpc) is 2.74. The van der Waals surface area contributed by atoms with E-state index in [1.54, 1.807) is 0 Å². The Morgan fingerprint density at radius 1 is 1.16 bits per heavy atom. The summed E-state index contributed by atoms with van der Waals surface area (Å²) in [4.78, 5) is 0. The molecular weight excluding hydrogens is 256 g/mol. The Kier molecular flexibility index (Phi) is 4.00. The molecule has 0 unspecified atom stereocenters. The Bertz CT molecular complexity index is 547. The van der Waals surface area contributed by atoms with Gasteiger partial charge in [0.25, 0.3) is 0 Å². The van der Waals surface area contributed by atoms with Gasteiger partial charge in [-0.2, -0.15) is 5.10 Å². The number of nitrogens with zero attached hydrogens (tertiary/aromatic N) is 2. The number of aromatic nitrogens is 2. The average molecular weight is 277 g/mol. The maximum atomic E-state index is 5.95. The zero-order chi connectivity index (χ0) is 14.0. The highest BCUT2D eigenvalue weighted by atomic mass is 35.5. The number of hydrogen-bond donors (Lipinski definition) is 0. The molecule has 3 heteroatoms. The lowest BCUT2D eigenvalue weighted by atomic mass is 9.86. The number of benzene rings is 1. The SMILES string of the molecule is CCCc1c(C(C)(C)C)cnn1-c1ccc(Cl)cc1. The van der Waals surface area contributed by atoms with Crippen LogP contribution in [0.5, 0.6) is 0 Å². The molecule has 0 aliphatic carbocycles. The van der Waals surface area contributed by atoms with Crippen LogP contribution in [0.2, 0.25) is 5.02 Å². The first kappa shape index (κ1) is 14.1. The van der Waals surface area contributed by atoms with Gasteiger partial charge in [0.05, 0.1) is 11.9 Å². The molecule has 2 nitrogen and oxygen atoms in total. The Labute approximate surface area is 120 Å². The van der Waals surface area contributed by atoms with Gasteiger partial charge in [-0.1, -0.05) is 45.7 Å². The van der Waals surface area contributed by atoms with Crippen LogP contribution in [0.1, 0.15) is 45.4 Å². The summed E-state index contributed by atoms with van der Waals surface area (Å²) in [6.07, 6.45) is 4.15. The van der Waals surface area contributed by atoms with Crippen molar-refractivity contribution in [3.8, 4) is 5.69 Å². The van der Waals surface area contributed by atoms with E-state index in [2.05, 4.69) is 32.8 Å². The van der Waals surface area contributed by atoms with Crippen LogP contribution in [0.15, 0.2) is 30.5 Å². The number of hydrogen-bond acceptors (Lipinski definition) is 1. The topological polar surface area (TPSA) is 17.8 Å². The minimum Gasteiger partial charge on any atom is -0.238 e. The third kappa shape index (κ3) is 3.01. The van der Waals surface area contributed by atoms with Crippen molar-refractivity contribution >= 4 is 11.6 Å². The summed E-state index contributed by atoms with van der Waals surface area (Å²) < 4.78 is 2.04. The molecule has 0 N–H and O–H groups in total. The molecule has 0 fully saturated rings. The van der Waals surface area contributed by atoms with E-state index in [1.165, 1.54) is 11.3 Å². The van der Waals surface area contributed by atoms with Crippen LogP contribution in [-0.4, -0.2) is 9.78 Å². The van der Waals surface area contributed by atoms with Crippen molar-refractivity contribution in [2.75, 3.05) is 0 Å². The zero-order valence-corrected chi connectivity index (χ0v) is 12.8. The molecule has 2 aromatic rings. The molecule has 0 bridgehead atoms. The summed E-state index contributed by atoms with van der Waals surface area (Å²) in [6.45, 7) is 8.89. The molecule has 0 aliphatic heterocycles. The van der Waals surface area contributed by atoms with Gasteiger partial charge in [0.2, 0.25) is 0 Å². The van der Waals surface area contributed by atoms with Gasteiger partial charge in [0, 0.05) is 10.7 Å². The second kappa shape index (κ2) is 5.38. The van der Waals surface area contributed by atoms with Crippen molar-refractivity contribution in [1.82, 2.24) is 9.78 Å². The van der Waals surface area contributed by atoms with Crippen molar-refractivity contribution in [1.29, 1.82) is 0 Å². The summed E-state index contributed by atoms with van der Waals surface area (Å²) in [6, 6.07) is 7.85. The Balaban J connectivity index is 2.51. The van der Waals surface area contributed by atoms with Gasteiger partial charge >= 0.3 is 0 Å². The molecule has 0 radical (unpaired) electrons. The Morgan fingerprint density at radius 2 is 1.79 bits per heavy atom. The zero-order valence-electron chi connectivity index (χ0n) is 12.1. The standard InChI is InChI=1S/C16H21ClN2/c1-5-6-15-14(16(2,3)4)11-18-19(15)13-9-7-12(17)8-10-13/h7-11H,5-6H2,1-4H3. The summed E-state index contributed by atoms with van der Waals surface area (Å²) in [7, 11) is 0. The molecule has 1 aromatic carbocycles. The second-order valence-corrected chi connectivity index (χ2v) is 6.33. The maximum Gasteiger partial charge on any atom is 0.0649 e. The number of rotatable bonds is 3. The summed E-state index contributed by atoms with van der Waals surface area (Å²) in [5.74, 6) is 0. The van der Waals surface area contributed by atoms with E-state index in [1.807, 2.05) is 35.1 Å². The Hall–Kier alpha value is -1.28. The largest absolute Gasteiger partial charge is 0.238 e. The lowest BCUT2D eigenvalue weighted by molar-refractivity contribution is 0.579. The normalized spacial score (nSPS) is 11.8. The predicted molar refractivity (Wildman–Crippen MR) is 81.3 cm³/mol. The first-order valence-electron chi connectivity index (χ1n) is 6.77. The molecule has 0 saturated carbocycles. The van der Waals surface area contributed by atoms with Gasteiger partial charge in [-0.05, 0) is 41.7 Å². The highest BCUT2D eigenvalue weighted by Gasteiger charge is 2.22. The molecule has 0 spiro atoms. The van der Waals surface area contributed by atoms with Crippen molar-refractivity contribution in [3.63, 3.8) is 0 Å². The van der Waals surface area contributed by atoms with E-state index < -0.39 is 0 Å². The van der Waals surface area contributed by atoms with Gasteiger partial charge in [0.1, 0.15) is 0 Å². The molecule has 0 atom stereocenters. The van der Waals surface area contributed by atoms with Crippen molar-refractivity contribution in [2.24, 2.45) is 0 Å². The van der Waals surface area contributed by atoms with Gasteiger partial charge < -0.3 is 0 Å². The summed E-state index contributed by atoms with van der Waals surface area (Å²) >= 11 is 5.95. The third-order valence-electron chi connectivity index (χ3n) is 3.23. The maximum absolute atomic E-state index is 5.95. The van der Waals surface area contributed by atoms with E-state index in [9.17, 15) is 0 Å². The van der Waals surface area contributed by atoms with E-state index in [4.69, 9.17) is 11.6 Å². The van der Waals surface area contributed by atoms with Crippen LogP contribution >= 0.6 is 11.6 Å². The van der Waals surface area contributed by atoms with Gasteiger partial charge in [-0.3, -0.25) is 0 Å². The van der Waals surface area contributed by atoms with Crippen LogP contribution < -0.4 is 0 Å². The van der Waals surface area contributed by atoms with Gasteiger partial charge in [-0.15, -0.1) is 0 Å².